The first-order valence-corrected chi connectivity index (χ1v) is 10.9. The van der Waals surface area contributed by atoms with Crippen molar-refractivity contribution in [1.82, 2.24) is 9.55 Å². The molecular weight excluding hydrogens is 461 g/mol. The zero-order valence-corrected chi connectivity index (χ0v) is 19.1. The molecule has 1 N–H and O–H groups in total. The predicted octanol–water partition coefficient (Wildman–Crippen LogP) is 6.01. The van der Waals surface area contributed by atoms with E-state index in [1.54, 1.807) is 13.1 Å². The Morgan fingerprint density at radius 2 is 1.74 bits per heavy atom. The highest BCUT2D eigenvalue weighted by molar-refractivity contribution is 5.89. The van der Waals surface area contributed by atoms with E-state index in [0.29, 0.717) is 42.3 Å². The van der Waals surface area contributed by atoms with Crippen LogP contribution in [0.3, 0.4) is 0 Å². The molecule has 4 rings (SSSR count). The Balaban J connectivity index is 1.44. The van der Waals surface area contributed by atoms with Crippen LogP contribution < -0.4 is 4.74 Å². The summed E-state index contributed by atoms with van der Waals surface area (Å²) in [5, 5.41) is 9.62. The maximum absolute atomic E-state index is 12.8. The zero-order chi connectivity index (χ0) is 25.2. The van der Waals surface area contributed by atoms with E-state index in [2.05, 4.69) is 4.98 Å². The Morgan fingerprint density at radius 3 is 2.31 bits per heavy atom. The van der Waals surface area contributed by atoms with E-state index in [1.807, 2.05) is 31.2 Å². The molecule has 2 heterocycles. The lowest BCUT2D eigenvalue weighted by molar-refractivity contribution is -0.137. The molecule has 9 heteroatoms. The van der Waals surface area contributed by atoms with Gasteiger partial charge in [-0.25, -0.2) is 9.78 Å². The highest BCUT2D eigenvalue weighted by atomic mass is 19.4. The molecule has 0 amide bonds. The molecule has 0 bridgehead atoms. The Labute approximate surface area is 199 Å². The minimum Gasteiger partial charge on any atom is -0.493 e. The average Bonchev–Trinajstić information content (AvgIpc) is 3.37. The standard InChI is InChI=1S/C26H23F3N2O4/c1-16-24(30-17(2)35-16)11-12-34-22-9-3-18(4-10-22)13-19-14-31(15-23(19)25(32)33)21-7-5-20(6-8-21)26(27,28)29/h3-10,14-15H,11-13H2,1-2H3,(H,32,33). The molecule has 0 saturated carbocycles. The minimum atomic E-state index is -4.43. The number of carboxylic acid groups (broad SMARTS) is 1. The fourth-order valence-electron chi connectivity index (χ4n) is 3.79. The molecule has 0 aliphatic carbocycles. The molecule has 0 radical (unpaired) electrons. The molecule has 0 fully saturated rings. The van der Waals surface area contributed by atoms with Crippen molar-refractivity contribution in [2.24, 2.45) is 0 Å². The number of nitrogens with zero attached hydrogens (tertiary/aromatic N) is 2. The first-order chi connectivity index (χ1) is 16.6. The van der Waals surface area contributed by atoms with Gasteiger partial charge in [-0.05, 0) is 60.9 Å². The van der Waals surface area contributed by atoms with E-state index >= 15 is 0 Å². The van der Waals surface area contributed by atoms with Crippen LogP contribution in [-0.2, 0) is 19.0 Å². The molecule has 0 aliphatic rings. The monoisotopic (exact) mass is 484 g/mol. The molecule has 6 nitrogen and oxygen atoms in total. The molecule has 0 unspecified atom stereocenters. The molecule has 0 saturated heterocycles. The zero-order valence-electron chi connectivity index (χ0n) is 19.1. The molecule has 2 aromatic heterocycles. The molecule has 4 aromatic rings. The van der Waals surface area contributed by atoms with E-state index in [-0.39, 0.29) is 5.56 Å². The number of ether oxygens (including phenoxy) is 1. The van der Waals surface area contributed by atoms with Crippen LogP contribution in [0.4, 0.5) is 13.2 Å². The number of aromatic nitrogens is 2. The van der Waals surface area contributed by atoms with Gasteiger partial charge in [0.2, 0.25) is 0 Å². The topological polar surface area (TPSA) is 77.5 Å². The lowest BCUT2D eigenvalue weighted by Crippen LogP contribution is -2.04. The van der Waals surface area contributed by atoms with E-state index in [9.17, 15) is 23.1 Å². The van der Waals surface area contributed by atoms with Crippen LogP contribution in [0.25, 0.3) is 5.69 Å². The van der Waals surface area contributed by atoms with E-state index in [4.69, 9.17) is 9.15 Å². The molecule has 2 aromatic carbocycles. The van der Waals surface area contributed by atoms with Crippen LogP contribution in [-0.4, -0.2) is 27.2 Å². The van der Waals surface area contributed by atoms with Crippen molar-refractivity contribution in [3.05, 3.63) is 101 Å². The number of aromatic carboxylic acids is 1. The second-order valence-corrected chi connectivity index (χ2v) is 8.11. The van der Waals surface area contributed by atoms with Gasteiger partial charge in [-0.15, -0.1) is 0 Å². The minimum absolute atomic E-state index is 0.0866. The van der Waals surface area contributed by atoms with Crippen LogP contribution >= 0.6 is 0 Å². The van der Waals surface area contributed by atoms with E-state index < -0.39 is 17.7 Å². The van der Waals surface area contributed by atoms with Crippen LogP contribution in [0.5, 0.6) is 5.75 Å². The van der Waals surface area contributed by atoms with Gasteiger partial charge in [0, 0.05) is 31.4 Å². The summed E-state index contributed by atoms with van der Waals surface area (Å²) in [6, 6.07) is 11.9. The van der Waals surface area contributed by atoms with Crippen LogP contribution in [0.1, 0.15) is 44.4 Å². The van der Waals surface area contributed by atoms with Crippen molar-refractivity contribution in [1.29, 1.82) is 0 Å². The van der Waals surface area contributed by atoms with Gasteiger partial charge in [-0.3, -0.25) is 0 Å². The van der Waals surface area contributed by atoms with Gasteiger partial charge in [0.1, 0.15) is 11.5 Å². The van der Waals surface area contributed by atoms with Crippen molar-refractivity contribution in [2.75, 3.05) is 6.61 Å². The van der Waals surface area contributed by atoms with Gasteiger partial charge in [0.05, 0.1) is 23.4 Å². The number of oxazole rings is 1. The summed E-state index contributed by atoms with van der Waals surface area (Å²) in [6.07, 6.45) is -0.446. The van der Waals surface area contributed by atoms with Crippen LogP contribution in [0.2, 0.25) is 0 Å². The van der Waals surface area contributed by atoms with Gasteiger partial charge >= 0.3 is 12.1 Å². The van der Waals surface area contributed by atoms with Gasteiger partial charge in [0.15, 0.2) is 5.89 Å². The van der Waals surface area contributed by atoms with Crippen molar-refractivity contribution >= 4 is 5.97 Å². The largest absolute Gasteiger partial charge is 0.493 e. The van der Waals surface area contributed by atoms with Crippen molar-refractivity contribution in [3.8, 4) is 11.4 Å². The Kier molecular flexibility index (Phi) is 6.68. The van der Waals surface area contributed by atoms with Crippen molar-refractivity contribution < 1.29 is 32.2 Å². The number of aryl methyl sites for hydroxylation is 2. The first kappa shape index (κ1) is 24.1. The summed E-state index contributed by atoms with van der Waals surface area (Å²) in [7, 11) is 0. The van der Waals surface area contributed by atoms with Gasteiger partial charge < -0.3 is 18.8 Å². The molecule has 0 spiro atoms. The highest BCUT2D eigenvalue weighted by Gasteiger charge is 2.30. The number of alkyl halides is 3. The van der Waals surface area contributed by atoms with Gasteiger partial charge in [0.25, 0.3) is 0 Å². The Hall–Kier alpha value is -4.01. The normalized spacial score (nSPS) is 11.6. The number of halogens is 3. The SMILES string of the molecule is Cc1nc(CCOc2ccc(Cc3cn(-c4ccc(C(F)(F)F)cc4)cc3C(=O)O)cc2)c(C)o1. The summed E-state index contributed by atoms with van der Waals surface area (Å²) in [5.41, 5.74) is 2.03. The summed E-state index contributed by atoms with van der Waals surface area (Å²) in [6.45, 7) is 4.09. The van der Waals surface area contributed by atoms with E-state index in [0.717, 1.165) is 29.2 Å². The van der Waals surface area contributed by atoms with E-state index in [1.165, 1.54) is 22.9 Å². The number of carboxylic acids is 1. The second-order valence-electron chi connectivity index (χ2n) is 8.11. The summed E-state index contributed by atoms with van der Waals surface area (Å²) in [5.74, 6) is 0.963. The Morgan fingerprint density at radius 1 is 1.06 bits per heavy atom. The third-order valence-electron chi connectivity index (χ3n) is 5.56. The predicted molar refractivity (Wildman–Crippen MR) is 122 cm³/mol. The quantitative estimate of drug-likeness (QED) is 0.331. The van der Waals surface area contributed by atoms with Crippen molar-refractivity contribution in [2.45, 2.75) is 32.9 Å². The molecular formula is C26H23F3N2O4. The smallest absolute Gasteiger partial charge is 0.416 e. The fraction of sp³-hybridized carbons (Fsp3) is 0.231. The van der Waals surface area contributed by atoms with Crippen molar-refractivity contribution in [3.63, 3.8) is 0 Å². The lowest BCUT2D eigenvalue weighted by Gasteiger charge is -2.08. The van der Waals surface area contributed by atoms with Gasteiger partial charge in [-0.2, -0.15) is 13.2 Å². The van der Waals surface area contributed by atoms with Crippen LogP contribution in [0, 0.1) is 13.8 Å². The number of carbonyl (C=O) groups is 1. The second kappa shape index (κ2) is 9.69. The third kappa shape index (κ3) is 5.74. The Bertz CT molecular complexity index is 1320. The first-order valence-electron chi connectivity index (χ1n) is 10.9. The maximum atomic E-state index is 12.8. The molecule has 0 atom stereocenters. The summed E-state index contributed by atoms with van der Waals surface area (Å²) < 4.78 is 51.2. The average molecular weight is 484 g/mol. The third-order valence-corrected chi connectivity index (χ3v) is 5.56. The molecule has 35 heavy (non-hydrogen) atoms. The number of rotatable bonds is 8. The van der Waals surface area contributed by atoms with Gasteiger partial charge in [-0.1, -0.05) is 12.1 Å². The lowest BCUT2D eigenvalue weighted by atomic mass is 10.0. The van der Waals surface area contributed by atoms with Crippen LogP contribution in [0.15, 0.2) is 65.3 Å². The summed E-state index contributed by atoms with van der Waals surface area (Å²) in [4.78, 5) is 16.1. The molecule has 0 aliphatic heterocycles. The highest BCUT2D eigenvalue weighted by Crippen LogP contribution is 2.30. The number of hydrogen-bond donors (Lipinski definition) is 1. The fourth-order valence-corrected chi connectivity index (χ4v) is 3.79. The summed E-state index contributed by atoms with van der Waals surface area (Å²) >= 11 is 0. The number of hydrogen-bond acceptors (Lipinski definition) is 4. The molecule has 182 valence electrons. The maximum Gasteiger partial charge on any atom is 0.416 e. The number of benzene rings is 2.